The maximum absolute atomic E-state index is 11.6. The van der Waals surface area contributed by atoms with Crippen molar-refractivity contribution in [3.8, 4) is 0 Å². The smallest absolute Gasteiger partial charge is 0.161 e. The number of nitrogens with two attached hydrogens (primary N) is 1. The van der Waals surface area contributed by atoms with Gasteiger partial charge in [0.25, 0.3) is 0 Å². The molecule has 5 heteroatoms. The van der Waals surface area contributed by atoms with E-state index in [1.807, 2.05) is 6.92 Å². The summed E-state index contributed by atoms with van der Waals surface area (Å²) in [6.07, 6.45) is 0.643. The number of hydrogen-bond acceptors (Lipinski definition) is 4. The molecule has 0 aromatic rings. The molecule has 0 unspecified atom stereocenters. The van der Waals surface area contributed by atoms with Crippen LogP contribution in [0.4, 0.5) is 0 Å². The molecule has 12 heavy (non-hydrogen) atoms. The summed E-state index contributed by atoms with van der Waals surface area (Å²) in [5.41, 5.74) is 5.43. The van der Waals surface area contributed by atoms with Crippen LogP contribution < -0.4 is 5.73 Å². The maximum Gasteiger partial charge on any atom is 0.161 e. The highest BCUT2D eigenvalue weighted by atomic mass is 32.2. The molecule has 2 N–H and O–H groups in total. The second kappa shape index (κ2) is 3.32. The third-order valence-corrected chi connectivity index (χ3v) is 4.90. The third kappa shape index (κ3) is 1.36. The molecule has 4 nitrogen and oxygen atoms in total. The summed E-state index contributed by atoms with van der Waals surface area (Å²) in [5, 5.41) is 0. The normalized spacial score (nSPS) is 21.8. The summed E-state index contributed by atoms with van der Waals surface area (Å²) < 4.78 is 27.4. The van der Waals surface area contributed by atoms with Gasteiger partial charge in [0.1, 0.15) is 4.75 Å². The molecule has 0 aromatic heterocycles. The largest absolute Gasteiger partial charge is 0.378 e. The summed E-state index contributed by atoms with van der Waals surface area (Å²) >= 11 is 0. The van der Waals surface area contributed by atoms with E-state index in [9.17, 15) is 8.42 Å². The van der Waals surface area contributed by atoms with Gasteiger partial charge < -0.3 is 10.5 Å². The zero-order valence-electron chi connectivity index (χ0n) is 7.25. The molecule has 1 rings (SSSR count). The van der Waals surface area contributed by atoms with Crippen molar-refractivity contribution < 1.29 is 13.2 Å². The fourth-order valence-electron chi connectivity index (χ4n) is 1.24. The molecule has 0 spiro atoms. The molecular formula is C7H15NO3S. The van der Waals surface area contributed by atoms with Gasteiger partial charge in [0.2, 0.25) is 0 Å². The lowest BCUT2D eigenvalue weighted by Crippen LogP contribution is -2.61. The number of hydrogen-bond donors (Lipinski definition) is 1. The second-order valence-electron chi connectivity index (χ2n) is 3.20. The first-order valence-electron chi connectivity index (χ1n) is 4.08. The lowest BCUT2D eigenvalue weighted by atomic mass is 10.1. The van der Waals surface area contributed by atoms with Crippen LogP contribution in [0, 0.1) is 0 Å². The van der Waals surface area contributed by atoms with Crippen molar-refractivity contribution in [1.29, 1.82) is 0 Å². The maximum atomic E-state index is 11.6. The Hall–Kier alpha value is -0.130. The van der Waals surface area contributed by atoms with Gasteiger partial charge in [-0.25, -0.2) is 8.42 Å². The van der Waals surface area contributed by atoms with Crippen LogP contribution in [-0.2, 0) is 14.6 Å². The van der Waals surface area contributed by atoms with E-state index in [4.69, 9.17) is 10.5 Å². The van der Waals surface area contributed by atoms with Gasteiger partial charge in [0, 0.05) is 6.54 Å². The molecule has 0 aliphatic carbocycles. The van der Waals surface area contributed by atoms with Crippen LogP contribution in [0.5, 0.6) is 0 Å². The summed E-state index contributed by atoms with van der Waals surface area (Å²) in [7, 11) is -3.04. The average molecular weight is 193 g/mol. The lowest BCUT2D eigenvalue weighted by molar-refractivity contribution is -0.00921. The van der Waals surface area contributed by atoms with Crippen LogP contribution in [0.25, 0.3) is 0 Å². The standard InChI is InChI=1S/C7H15NO3S/c1-2-3-12(9,10)7(4-8)5-11-6-7/h2-6,8H2,1H3. The topological polar surface area (TPSA) is 69.4 Å². The highest BCUT2D eigenvalue weighted by molar-refractivity contribution is 7.92. The molecule has 0 aromatic carbocycles. The van der Waals surface area contributed by atoms with E-state index in [2.05, 4.69) is 0 Å². The van der Waals surface area contributed by atoms with Crippen molar-refractivity contribution in [2.24, 2.45) is 5.73 Å². The summed E-state index contributed by atoms with van der Waals surface area (Å²) in [4.78, 5) is 0. The molecule has 0 amide bonds. The predicted octanol–water partition coefficient (Wildman–Crippen LogP) is -0.461. The van der Waals surface area contributed by atoms with Crippen molar-refractivity contribution in [3.05, 3.63) is 0 Å². The molecule has 1 fully saturated rings. The molecular weight excluding hydrogens is 178 g/mol. The first kappa shape index (κ1) is 9.95. The van der Waals surface area contributed by atoms with Gasteiger partial charge >= 0.3 is 0 Å². The van der Waals surface area contributed by atoms with Crippen molar-refractivity contribution in [2.75, 3.05) is 25.5 Å². The predicted molar refractivity (Wildman–Crippen MR) is 46.7 cm³/mol. The third-order valence-electron chi connectivity index (χ3n) is 2.23. The SMILES string of the molecule is CCCS(=O)(=O)C1(CN)COC1. The van der Waals surface area contributed by atoms with Crippen LogP contribution in [-0.4, -0.2) is 38.7 Å². The second-order valence-corrected chi connectivity index (χ2v) is 5.70. The van der Waals surface area contributed by atoms with Gasteiger partial charge in [-0.05, 0) is 6.42 Å². The molecule has 0 bridgehead atoms. The van der Waals surface area contributed by atoms with E-state index >= 15 is 0 Å². The molecule has 1 aliphatic heterocycles. The number of rotatable bonds is 4. The van der Waals surface area contributed by atoms with Gasteiger partial charge in [0.05, 0.1) is 19.0 Å². The van der Waals surface area contributed by atoms with Crippen molar-refractivity contribution >= 4 is 9.84 Å². The van der Waals surface area contributed by atoms with Crippen LogP contribution in [0.2, 0.25) is 0 Å². The number of ether oxygens (including phenoxy) is 1. The Bertz CT molecular complexity index is 238. The summed E-state index contributed by atoms with van der Waals surface area (Å²) in [6, 6.07) is 0. The Kier molecular flexibility index (Phi) is 2.75. The molecule has 1 saturated heterocycles. The van der Waals surface area contributed by atoms with Gasteiger partial charge in [-0.2, -0.15) is 0 Å². The van der Waals surface area contributed by atoms with Crippen LogP contribution >= 0.6 is 0 Å². The molecule has 0 atom stereocenters. The van der Waals surface area contributed by atoms with Crippen LogP contribution in [0.1, 0.15) is 13.3 Å². The van der Waals surface area contributed by atoms with E-state index in [1.165, 1.54) is 0 Å². The highest BCUT2D eigenvalue weighted by Gasteiger charge is 2.48. The van der Waals surface area contributed by atoms with E-state index in [0.717, 1.165) is 0 Å². The number of sulfone groups is 1. The van der Waals surface area contributed by atoms with Crippen molar-refractivity contribution in [1.82, 2.24) is 0 Å². The Labute approximate surface area is 73.0 Å². The molecule has 72 valence electrons. The minimum absolute atomic E-state index is 0.176. The fraction of sp³-hybridized carbons (Fsp3) is 1.00. The van der Waals surface area contributed by atoms with Crippen molar-refractivity contribution in [2.45, 2.75) is 18.1 Å². The van der Waals surface area contributed by atoms with E-state index in [-0.39, 0.29) is 25.5 Å². The lowest BCUT2D eigenvalue weighted by Gasteiger charge is -2.39. The Morgan fingerprint density at radius 1 is 1.50 bits per heavy atom. The van der Waals surface area contributed by atoms with Crippen molar-refractivity contribution in [3.63, 3.8) is 0 Å². The van der Waals surface area contributed by atoms with Gasteiger partial charge in [-0.1, -0.05) is 6.92 Å². The first-order chi connectivity index (χ1) is 5.58. The Morgan fingerprint density at radius 2 is 2.08 bits per heavy atom. The summed E-state index contributed by atoms with van der Waals surface area (Å²) in [5.74, 6) is 0.216. The van der Waals surface area contributed by atoms with E-state index in [0.29, 0.717) is 6.42 Å². The Balaban J connectivity index is 2.78. The zero-order valence-corrected chi connectivity index (χ0v) is 8.06. The zero-order chi connectivity index (χ0) is 9.24. The van der Waals surface area contributed by atoms with Gasteiger partial charge in [-0.15, -0.1) is 0 Å². The molecule has 1 aliphatic rings. The fourth-order valence-corrected chi connectivity index (χ4v) is 2.99. The van der Waals surface area contributed by atoms with Gasteiger partial charge in [-0.3, -0.25) is 0 Å². The molecule has 0 radical (unpaired) electrons. The van der Waals surface area contributed by atoms with Gasteiger partial charge in [0.15, 0.2) is 9.84 Å². The summed E-state index contributed by atoms with van der Waals surface area (Å²) in [6.45, 7) is 2.56. The minimum atomic E-state index is -3.04. The minimum Gasteiger partial charge on any atom is -0.378 e. The molecule has 0 saturated carbocycles. The quantitative estimate of drug-likeness (QED) is 0.656. The average Bonchev–Trinajstić information content (AvgIpc) is 1.84. The Morgan fingerprint density at radius 3 is 2.33 bits per heavy atom. The van der Waals surface area contributed by atoms with Crippen LogP contribution in [0.15, 0.2) is 0 Å². The van der Waals surface area contributed by atoms with E-state index in [1.54, 1.807) is 0 Å². The molecule has 1 heterocycles. The van der Waals surface area contributed by atoms with E-state index < -0.39 is 14.6 Å². The first-order valence-corrected chi connectivity index (χ1v) is 5.73. The highest BCUT2D eigenvalue weighted by Crippen LogP contribution is 2.26. The monoisotopic (exact) mass is 193 g/mol. The van der Waals surface area contributed by atoms with Crippen LogP contribution in [0.3, 0.4) is 0 Å².